The van der Waals surface area contributed by atoms with E-state index in [2.05, 4.69) is 36.8 Å². The Kier molecular flexibility index (Phi) is 3.18. The summed E-state index contributed by atoms with van der Waals surface area (Å²) >= 11 is 7.41. The van der Waals surface area contributed by atoms with Gasteiger partial charge in [0, 0.05) is 10.9 Å². The molecule has 0 spiro atoms. The molecule has 0 bridgehead atoms. The van der Waals surface area contributed by atoms with Gasteiger partial charge in [0.25, 0.3) is 0 Å². The molecule has 0 saturated carbocycles. The molecule has 2 aromatic rings. The lowest BCUT2D eigenvalue weighted by Gasteiger charge is -2.01. The van der Waals surface area contributed by atoms with Gasteiger partial charge in [-0.15, -0.1) is 11.3 Å². The van der Waals surface area contributed by atoms with Gasteiger partial charge in [0.2, 0.25) is 0 Å². The third-order valence-corrected chi connectivity index (χ3v) is 3.73. The number of benzene rings is 1. The summed E-state index contributed by atoms with van der Waals surface area (Å²) in [5.74, 6) is -1.00. The van der Waals surface area contributed by atoms with E-state index in [9.17, 15) is 8.78 Å². The van der Waals surface area contributed by atoms with Crippen LogP contribution in [-0.4, -0.2) is 4.98 Å². The van der Waals surface area contributed by atoms with Gasteiger partial charge in [-0.25, -0.2) is 13.8 Å². The zero-order chi connectivity index (χ0) is 11.0. The maximum Gasteiger partial charge on any atom is 0.159 e. The molecule has 1 nitrogen and oxygen atoms in total. The maximum atomic E-state index is 13.5. The second-order valence-electron chi connectivity index (χ2n) is 2.73. The van der Waals surface area contributed by atoms with Crippen LogP contribution in [0, 0.1) is 11.6 Å². The van der Waals surface area contributed by atoms with Gasteiger partial charge in [0.05, 0.1) is 10.2 Å². The summed E-state index contributed by atoms with van der Waals surface area (Å²) in [6.07, 6.45) is 0. The molecule has 0 N–H and O–H groups in total. The second kappa shape index (κ2) is 4.27. The van der Waals surface area contributed by atoms with Crippen molar-refractivity contribution in [3.8, 4) is 11.3 Å². The highest BCUT2D eigenvalue weighted by Crippen LogP contribution is 2.30. The van der Waals surface area contributed by atoms with Gasteiger partial charge >= 0.3 is 0 Å². The van der Waals surface area contributed by atoms with E-state index in [-0.39, 0.29) is 10.0 Å². The largest absolute Gasteiger partial charge is 0.229 e. The molecule has 0 fully saturated rings. The molecule has 0 amide bonds. The van der Waals surface area contributed by atoms with Crippen molar-refractivity contribution in [1.29, 1.82) is 0 Å². The topological polar surface area (TPSA) is 12.9 Å². The Bertz CT molecular complexity index is 513. The van der Waals surface area contributed by atoms with Gasteiger partial charge in [-0.1, -0.05) is 0 Å². The maximum absolute atomic E-state index is 13.5. The molecule has 0 aliphatic rings. The summed E-state index contributed by atoms with van der Waals surface area (Å²) in [5.41, 5.74) is 0.591. The van der Waals surface area contributed by atoms with Crippen molar-refractivity contribution in [2.75, 3.05) is 0 Å². The van der Waals surface area contributed by atoms with Gasteiger partial charge in [-0.3, -0.25) is 0 Å². The molecule has 0 saturated heterocycles. The standard InChI is InChI=1S/C9H3Br2F2NS/c10-5-2-6(12)4(1-7(5)13)8-3-15-9(11)14-8/h1-3H. The normalized spacial score (nSPS) is 10.7. The Morgan fingerprint density at radius 1 is 1.13 bits per heavy atom. The zero-order valence-corrected chi connectivity index (χ0v) is 11.1. The predicted octanol–water partition coefficient (Wildman–Crippen LogP) is 4.61. The number of halogens is 4. The smallest absolute Gasteiger partial charge is 0.159 e. The number of aromatic nitrogens is 1. The van der Waals surface area contributed by atoms with Crippen LogP contribution in [0.3, 0.4) is 0 Å². The molecule has 6 heteroatoms. The Labute approximate surface area is 105 Å². The molecule has 0 aliphatic carbocycles. The first-order valence-corrected chi connectivity index (χ1v) is 6.30. The van der Waals surface area contributed by atoms with Crippen LogP contribution in [0.25, 0.3) is 11.3 Å². The van der Waals surface area contributed by atoms with Crippen LogP contribution in [0.5, 0.6) is 0 Å². The monoisotopic (exact) mass is 353 g/mol. The summed E-state index contributed by atoms with van der Waals surface area (Å²) in [5, 5.41) is 1.66. The molecular formula is C9H3Br2F2NS. The summed E-state index contributed by atoms with van der Waals surface area (Å²) in [6.45, 7) is 0. The predicted molar refractivity (Wildman–Crippen MR) is 62.9 cm³/mol. The third-order valence-electron chi connectivity index (χ3n) is 1.76. The fourth-order valence-electron chi connectivity index (χ4n) is 1.09. The number of thiazole rings is 1. The van der Waals surface area contributed by atoms with Crippen LogP contribution in [0.4, 0.5) is 8.78 Å². The first kappa shape index (κ1) is 11.2. The first-order valence-electron chi connectivity index (χ1n) is 3.84. The van der Waals surface area contributed by atoms with Crippen molar-refractivity contribution in [1.82, 2.24) is 4.98 Å². The molecule has 15 heavy (non-hydrogen) atoms. The molecule has 0 unspecified atom stereocenters. The first-order chi connectivity index (χ1) is 7.08. The molecular weight excluding hydrogens is 352 g/mol. The van der Waals surface area contributed by atoms with E-state index in [4.69, 9.17) is 0 Å². The van der Waals surface area contributed by atoms with Crippen molar-refractivity contribution >= 4 is 43.2 Å². The molecule has 0 radical (unpaired) electrons. The van der Waals surface area contributed by atoms with Gasteiger partial charge in [0.1, 0.15) is 11.6 Å². The van der Waals surface area contributed by atoms with Crippen molar-refractivity contribution in [3.63, 3.8) is 0 Å². The lowest BCUT2D eigenvalue weighted by Crippen LogP contribution is -1.88. The highest BCUT2D eigenvalue weighted by atomic mass is 79.9. The van der Waals surface area contributed by atoms with Crippen LogP contribution in [-0.2, 0) is 0 Å². The van der Waals surface area contributed by atoms with Gasteiger partial charge < -0.3 is 0 Å². The Morgan fingerprint density at radius 3 is 2.47 bits per heavy atom. The Morgan fingerprint density at radius 2 is 1.87 bits per heavy atom. The van der Waals surface area contributed by atoms with Crippen LogP contribution >= 0.6 is 43.2 Å². The van der Waals surface area contributed by atoms with E-state index in [1.54, 1.807) is 5.38 Å². The van der Waals surface area contributed by atoms with E-state index in [0.29, 0.717) is 9.61 Å². The third kappa shape index (κ3) is 2.26. The van der Waals surface area contributed by atoms with E-state index < -0.39 is 11.6 Å². The Hall–Kier alpha value is -0.330. The molecule has 0 aliphatic heterocycles. The van der Waals surface area contributed by atoms with Crippen molar-refractivity contribution in [2.24, 2.45) is 0 Å². The quantitative estimate of drug-likeness (QED) is 0.681. The molecule has 0 atom stereocenters. The van der Waals surface area contributed by atoms with Gasteiger partial charge in [-0.05, 0) is 44.0 Å². The minimum Gasteiger partial charge on any atom is -0.229 e. The van der Waals surface area contributed by atoms with E-state index in [1.807, 2.05) is 0 Å². The fraction of sp³-hybridized carbons (Fsp3) is 0. The molecule has 1 aromatic carbocycles. The van der Waals surface area contributed by atoms with Crippen LogP contribution in [0.2, 0.25) is 0 Å². The lowest BCUT2D eigenvalue weighted by molar-refractivity contribution is 0.597. The average molecular weight is 355 g/mol. The number of rotatable bonds is 1. The number of hydrogen-bond acceptors (Lipinski definition) is 2. The van der Waals surface area contributed by atoms with Crippen molar-refractivity contribution in [2.45, 2.75) is 0 Å². The summed E-state index contributed by atoms with van der Waals surface area (Å²) in [4.78, 5) is 4.03. The summed E-state index contributed by atoms with van der Waals surface area (Å²) in [7, 11) is 0. The highest BCUT2D eigenvalue weighted by Gasteiger charge is 2.12. The molecule has 2 rings (SSSR count). The number of hydrogen-bond donors (Lipinski definition) is 0. The minimum absolute atomic E-state index is 0.109. The molecule has 1 heterocycles. The molecule has 1 aromatic heterocycles. The van der Waals surface area contributed by atoms with Gasteiger partial charge in [0.15, 0.2) is 3.92 Å². The lowest BCUT2D eigenvalue weighted by atomic mass is 10.1. The zero-order valence-electron chi connectivity index (χ0n) is 7.10. The van der Waals surface area contributed by atoms with E-state index >= 15 is 0 Å². The fourth-order valence-corrected chi connectivity index (χ4v) is 2.42. The van der Waals surface area contributed by atoms with E-state index in [1.165, 1.54) is 11.3 Å². The minimum atomic E-state index is -0.504. The van der Waals surface area contributed by atoms with Gasteiger partial charge in [-0.2, -0.15) is 0 Å². The van der Waals surface area contributed by atoms with Crippen LogP contribution < -0.4 is 0 Å². The SMILES string of the molecule is Fc1cc(-c2csc(Br)n2)c(F)cc1Br. The van der Waals surface area contributed by atoms with Crippen LogP contribution in [0.15, 0.2) is 25.9 Å². The van der Waals surface area contributed by atoms with Crippen LogP contribution in [0.1, 0.15) is 0 Å². The summed E-state index contributed by atoms with van der Waals surface area (Å²) < 4.78 is 27.4. The highest BCUT2D eigenvalue weighted by molar-refractivity contribution is 9.11. The van der Waals surface area contributed by atoms with E-state index in [0.717, 1.165) is 12.1 Å². The second-order valence-corrected chi connectivity index (χ2v) is 5.72. The van der Waals surface area contributed by atoms with Crippen molar-refractivity contribution < 1.29 is 8.78 Å². The summed E-state index contributed by atoms with van der Waals surface area (Å²) in [6, 6.07) is 2.22. The van der Waals surface area contributed by atoms with Crippen molar-refractivity contribution in [3.05, 3.63) is 37.5 Å². The Balaban J connectivity index is 2.58. The average Bonchev–Trinajstić information content (AvgIpc) is 2.58. The molecule has 78 valence electrons. The number of nitrogens with zero attached hydrogens (tertiary/aromatic N) is 1.